The van der Waals surface area contributed by atoms with Crippen LogP contribution in [-0.2, 0) is 19.8 Å². The van der Waals surface area contributed by atoms with Crippen molar-refractivity contribution in [2.24, 2.45) is 28.9 Å². The molecule has 1 saturated heterocycles. The van der Waals surface area contributed by atoms with E-state index in [2.05, 4.69) is 5.32 Å². The third-order valence-corrected chi connectivity index (χ3v) is 10.0. The number of anilines is 1. The Morgan fingerprint density at radius 3 is 2.47 bits per heavy atom. The lowest BCUT2D eigenvalue weighted by molar-refractivity contribution is -0.134. The molecule has 1 aromatic carbocycles. The molecule has 4 bridgehead atoms. The molecule has 5 fully saturated rings. The molecule has 2 unspecified atom stereocenters. The summed E-state index contributed by atoms with van der Waals surface area (Å²) in [6, 6.07) is 7.46. The molecule has 4 aliphatic carbocycles. The minimum atomic E-state index is -3.73. The van der Waals surface area contributed by atoms with Crippen LogP contribution in [0.2, 0.25) is 0 Å². The van der Waals surface area contributed by atoms with Crippen molar-refractivity contribution in [1.29, 1.82) is 0 Å². The average molecular weight is 461 g/mol. The Morgan fingerprint density at radius 2 is 1.81 bits per heavy atom. The molecule has 5 aliphatic rings. The van der Waals surface area contributed by atoms with E-state index in [9.17, 15) is 18.0 Å². The van der Waals surface area contributed by atoms with Crippen molar-refractivity contribution < 1.29 is 18.0 Å². The number of nitrogens with zero attached hydrogens (tertiary/aromatic N) is 2. The molecule has 0 radical (unpaired) electrons. The molecule has 174 valence electrons. The highest BCUT2D eigenvalue weighted by molar-refractivity contribution is 7.90. The number of hydrogen-bond acceptors (Lipinski definition) is 4. The van der Waals surface area contributed by atoms with Gasteiger partial charge in [0.2, 0.25) is 11.8 Å². The number of primary amides is 1. The number of carbonyl (C=O) groups excluding carboxylic acids is 2. The molecule has 32 heavy (non-hydrogen) atoms. The molecule has 6 rings (SSSR count). The topological polar surface area (TPSA) is 113 Å². The van der Waals surface area contributed by atoms with Gasteiger partial charge in [-0.2, -0.15) is 12.7 Å². The van der Waals surface area contributed by atoms with Crippen molar-refractivity contribution in [2.45, 2.75) is 51.5 Å². The molecule has 3 N–H and O–H groups in total. The molecule has 9 heteroatoms. The van der Waals surface area contributed by atoms with E-state index in [4.69, 9.17) is 5.73 Å². The highest BCUT2D eigenvalue weighted by Crippen LogP contribution is 2.61. The van der Waals surface area contributed by atoms with E-state index in [1.807, 2.05) is 25.1 Å². The number of benzene rings is 1. The van der Waals surface area contributed by atoms with Crippen molar-refractivity contribution in [3.63, 3.8) is 0 Å². The minimum absolute atomic E-state index is 0.00982. The maximum atomic E-state index is 13.1. The van der Waals surface area contributed by atoms with Gasteiger partial charge in [0.25, 0.3) is 0 Å². The van der Waals surface area contributed by atoms with Crippen LogP contribution >= 0.6 is 0 Å². The molecule has 0 aromatic heterocycles. The Hall–Kier alpha value is -2.13. The second-order valence-electron chi connectivity index (χ2n) is 10.4. The van der Waals surface area contributed by atoms with Gasteiger partial charge in [0, 0.05) is 25.6 Å². The molecule has 4 saturated carbocycles. The Morgan fingerprint density at radius 1 is 1.12 bits per heavy atom. The van der Waals surface area contributed by atoms with Crippen molar-refractivity contribution >= 4 is 27.7 Å². The van der Waals surface area contributed by atoms with Crippen LogP contribution in [0.5, 0.6) is 0 Å². The van der Waals surface area contributed by atoms with Crippen LogP contribution in [0.4, 0.5) is 5.69 Å². The number of carbonyl (C=O) groups is 2. The van der Waals surface area contributed by atoms with Crippen molar-refractivity contribution in [3.05, 3.63) is 29.8 Å². The standard InChI is InChI=1S/C23H32N4O4S/c1-15-4-2-3-5-19(15)27-7-6-26(32(27,30)31)14-21(29)25-22-17-8-16-9-18(22)12-23(10-16,11-17)13-20(24)28/h2-5,16-18,22H,6-14H2,1H3,(H2,24,28)(H,25,29). The molecule has 2 amide bonds. The summed E-state index contributed by atoms with van der Waals surface area (Å²) in [4.78, 5) is 24.6. The first-order valence-electron chi connectivity index (χ1n) is 11.6. The van der Waals surface area contributed by atoms with Crippen LogP contribution in [0.3, 0.4) is 0 Å². The van der Waals surface area contributed by atoms with E-state index in [0.717, 1.165) is 37.7 Å². The van der Waals surface area contributed by atoms with Crippen LogP contribution in [-0.4, -0.2) is 50.2 Å². The third kappa shape index (κ3) is 3.69. The quantitative estimate of drug-likeness (QED) is 0.671. The number of nitrogens with two attached hydrogens (primary N) is 1. The lowest BCUT2D eigenvalue weighted by atomic mass is 9.47. The monoisotopic (exact) mass is 460 g/mol. The molecule has 0 spiro atoms. The largest absolute Gasteiger partial charge is 0.370 e. The zero-order chi connectivity index (χ0) is 22.7. The van der Waals surface area contributed by atoms with Crippen LogP contribution in [0, 0.1) is 30.1 Å². The Kier molecular flexibility index (Phi) is 5.24. The predicted octanol–water partition coefficient (Wildman–Crippen LogP) is 1.55. The van der Waals surface area contributed by atoms with Crippen LogP contribution < -0.4 is 15.4 Å². The number of aryl methyl sites for hydroxylation is 1. The van der Waals surface area contributed by atoms with Gasteiger partial charge in [-0.3, -0.25) is 13.9 Å². The molecular formula is C23H32N4O4S. The highest BCUT2D eigenvalue weighted by Gasteiger charge is 2.56. The molecule has 1 aromatic rings. The summed E-state index contributed by atoms with van der Waals surface area (Å²) in [7, 11) is -3.73. The van der Waals surface area contributed by atoms with Gasteiger partial charge < -0.3 is 11.1 Å². The molecule has 8 nitrogen and oxygen atoms in total. The number of nitrogens with one attached hydrogen (secondary N) is 1. The first-order chi connectivity index (χ1) is 15.2. The van der Waals surface area contributed by atoms with Gasteiger partial charge >= 0.3 is 10.2 Å². The fourth-order valence-electron chi connectivity index (χ4n) is 7.23. The summed E-state index contributed by atoms with van der Waals surface area (Å²) >= 11 is 0. The average Bonchev–Trinajstić information content (AvgIpc) is 2.97. The predicted molar refractivity (Wildman–Crippen MR) is 121 cm³/mol. The van der Waals surface area contributed by atoms with E-state index in [1.165, 1.54) is 8.61 Å². The number of para-hydroxylation sites is 1. The minimum Gasteiger partial charge on any atom is -0.370 e. The third-order valence-electron chi connectivity index (χ3n) is 8.14. The summed E-state index contributed by atoms with van der Waals surface area (Å²) in [5, 5.41) is 3.18. The fraction of sp³-hybridized carbons (Fsp3) is 0.652. The van der Waals surface area contributed by atoms with E-state index < -0.39 is 10.2 Å². The van der Waals surface area contributed by atoms with Gasteiger partial charge in [0.1, 0.15) is 0 Å². The second-order valence-corrected chi connectivity index (χ2v) is 12.3. The van der Waals surface area contributed by atoms with Gasteiger partial charge in [-0.15, -0.1) is 0 Å². The van der Waals surface area contributed by atoms with Crippen molar-refractivity contribution in [3.8, 4) is 0 Å². The second kappa shape index (κ2) is 7.73. The zero-order valence-corrected chi connectivity index (χ0v) is 19.3. The first kappa shape index (κ1) is 21.7. The lowest BCUT2D eigenvalue weighted by Crippen LogP contribution is -2.60. The maximum absolute atomic E-state index is 13.1. The maximum Gasteiger partial charge on any atom is 0.304 e. The van der Waals surface area contributed by atoms with Gasteiger partial charge in [0.15, 0.2) is 0 Å². The van der Waals surface area contributed by atoms with E-state index in [1.54, 1.807) is 6.07 Å². The summed E-state index contributed by atoms with van der Waals surface area (Å²) in [5.41, 5.74) is 7.10. The van der Waals surface area contributed by atoms with Gasteiger partial charge in [-0.1, -0.05) is 18.2 Å². The molecule has 2 atom stereocenters. The SMILES string of the molecule is Cc1ccccc1N1CCN(CC(=O)NC2C3CC4CC2CC(CC(N)=O)(C4)C3)S1(=O)=O. The van der Waals surface area contributed by atoms with Gasteiger partial charge in [0.05, 0.1) is 12.2 Å². The number of hydrogen-bond donors (Lipinski definition) is 2. The van der Waals surface area contributed by atoms with Gasteiger partial charge in [-0.25, -0.2) is 0 Å². The fourth-order valence-corrected chi connectivity index (χ4v) is 8.86. The summed E-state index contributed by atoms with van der Waals surface area (Å²) in [6.07, 6.45) is 5.52. The van der Waals surface area contributed by atoms with E-state index in [0.29, 0.717) is 43.0 Å². The van der Waals surface area contributed by atoms with Crippen molar-refractivity contribution in [2.75, 3.05) is 23.9 Å². The van der Waals surface area contributed by atoms with Crippen LogP contribution in [0.1, 0.15) is 44.1 Å². The van der Waals surface area contributed by atoms with Crippen molar-refractivity contribution in [1.82, 2.24) is 9.62 Å². The number of amides is 2. The summed E-state index contributed by atoms with van der Waals surface area (Å²) in [6.45, 7) is 2.37. The molecule has 1 aliphatic heterocycles. The molecule has 1 heterocycles. The Labute approximate surface area is 189 Å². The number of rotatable bonds is 6. The molecular weight excluding hydrogens is 428 g/mol. The highest BCUT2D eigenvalue weighted by atomic mass is 32.2. The smallest absolute Gasteiger partial charge is 0.304 e. The first-order valence-corrected chi connectivity index (χ1v) is 13.0. The normalized spacial score (nSPS) is 35.2. The van der Waals surface area contributed by atoms with Crippen LogP contribution in [0.25, 0.3) is 0 Å². The summed E-state index contributed by atoms with van der Waals surface area (Å²) < 4.78 is 28.9. The Bertz CT molecular complexity index is 1030. The van der Waals surface area contributed by atoms with Crippen LogP contribution in [0.15, 0.2) is 24.3 Å². The zero-order valence-electron chi connectivity index (χ0n) is 18.5. The van der Waals surface area contributed by atoms with E-state index >= 15 is 0 Å². The van der Waals surface area contributed by atoms with E-state index in [-0.39, 0.29) is 29.8 Å². The lowest BCUT2D eigenvalue weighted by Gasteiger charge is -2.60. The summed E-state index contributed by atoms with van der Waals surface area (Å²) in [5.74, 6) is 0.847. The Balaban J connectivity index is 1.24. The van der Waals surface area contributed by atoms with Gasteiger partial charge in [-0.05, 0) is 73.8 Å².